The van der Waals surface area contributed by atoms with Crippen LogP contribution in [0.2, 0.25) is 0 Å². The fraction of sp³-hybridized carbons (Fsp3) is 0.360. The Kier molecular flexibility index (Phi) is 11.8. The van der Waals surface area contributed by atoms with Crippen LogP contribution < -0.4 is 25.5 Å². The fourth-order valence-electron chi connectivity index (χ4n) is 2.69. The third kappa shape index (κ3) is 11.2. The molecule has 0 saturated heterocycles. The van der Waals surface area contributed by atoms with Crippen LogP contribution in [0.1, 0.15) is 32.8 Å². The van der Waals surface area contributed by atoms with E-state index in [2.05, 4.69) is 21.2 Å². The lowest BCUT2D eigenvalue weighted by Crippen LogP contribution is -2.38. The molecule has 2 aromatic carbocycles. The molecule has 0 aliphatic heterocycles. The van der Waals surface area contributed by atoms with E-state index >= 15 is 0 Å². The molecule has 10 nitrogen and oxygen atoms in total. The topological polar surface area (TPSA) is 127 Å². The predicted octanol–water partition coefficient (Wildman–Crippen LogP) is 2.48. The minimum Gasteiger partial charge on any atom is -0.494 e. The van der Waals surface area contributed by atoms with E-state index in [1.54, 1.807) is 48.5 Å². The Labute approximate surface area is 205 Å². The van der Waals surface area contributed by atoms with E-state index in [9.17, 15) is 14.4 Å². The highest BCUT2D eigenvalue weighted by Gasteiger charge is 2.11. The average molecular weight is 485 g/mol. The summed E-state index contributed by atoms with van der Waals surface area (Å²) in [5, 5.41) is 9.02. The second-order valence-corrected chi connectivity index (χ2v) is 7.59. The first-order valence-corrected chi connectivity index (χ1v) is 11.4. The summed E-state index contributed by atoms with van der Waals surface area (Å²) in [5.74, 6) is -0.693. The van der Waals surface area contributed by atoms with Gasteiger partial charge in [-0.2, -0.15) is 5.10 Å². The van der Waals surface area contributed by atoms with Crippen molar-refractivity contribution in [3.05, 3.63) is 54.1 Å². The number of anilines is 1. The average Bonchev–Trinajstić information content (AvgIpc) is 2.84. The molecule has 35 heavy (non-hydrogen) atoms. The van der Waals surface area contributed by atoms with Crippen LogP contribution in [0.5, 0.6) is 11.5 Å². The molecular weight excluding hydrogens is 452 g/mol. The summed E-state index contributed by atoms with van der Waals surface area (Å²) in [6, 6.07) is 13.8. The number of hydrogen-bond donors (Lipinski definition) is 3. The molecule has 0 aliphatic rings. The molecule has 10 heteroatoms. The van der Waals surface area contributed by atoms with E-state index in [1.165, 1.54) is 6.21 Å². The molecule has 3 N–H and O–H groups in total. The number of carbonyl (C=O) groups excluding carboxylic acids is 3. The van der Waals surface area contributed by atoms with Gasteiger partial charge in [0.1, 0.15) is 11.5 Å². The molecule has 3 amide bonds. The van der Waals surface area contributed by atoms with Crippen molar-refractivity contribution in [1.29, 1.82) is 0 Å². The summed E-state index contributed by atoms with van der Waals surface area (Å²) in [6.45, 7) is 7.01. The van der Waals surface area contributed by atoms with Gasteiger partial charge in [-0.05, 0) is 81.3 Å². The molecule has 0 heterocycles. The van der Waals surface area contributed by atoms with E-state index in [-0.39, 0.29) is 18.6 Å². The molecule has 0 aliphatic carbocycles. The summed E-state index contributed by atoms with van der Waals surface area (Å²) in [4.78, 5) is 35.6. The first-order chi connectivity index (χ1) is 16.9. The highest BCUT2D eigenvalue weighted by atomic mass is 16.5. The van der Waals surface area contributed by atoms with Crippen molar-refractivity contribution in [2.75, 3.05) is 31.7 Å². The smallest absolute Gasteiger partial charge is 0.329 e. The lowest BCUT2D eigenvalue weighted by molar-refractivity contribution is -0.139. The van der Waals surface area contributed by atoms with Gasteiger partial charge in [-0.3, -0.25) is 14.4 Å². The third-order valence-corrected chi connectivity index (χ3v) is 4.34. The molecule has 2 rings (SSSR count). The second kappa shape index (κ2) is 15.1. The van der Waals surface area contributed by atoms with Crippen molar-refractivity contribution in [2.24, 2.45) is 5.10 Å². The first kappa shape index (κ1) is 27.3. The molecule has 0 aromatic heterocycles. The zero-order valence-electron chi connectivity index (χ0n) is 20.2. The molecule has 0 bridgehead atoms. The van der Waals surface area contributed by atoms with Crippen molar-refractivity contribution in [1.82, 2.24) is 10.7 Å². The maximum atomic E-state index is 12.1. The van der Waals surface area contributed by atoms with Crippen LogP contribution >= 0.6 is 0 Å². The van der Waals surface area contributed by atoms with Crippen LogP contribution in [0, 0.1) is 0 Å². The minimum atomic E-state index is -0.857. The molecule has 0 unspecified atom stereocenters. The van der Waals surface area contributed by atoms with Gasteiger partial charge >= 0.3 is 11.8 Å². The molecule has 0 atom stereocenters. The number of benzene rings is 2. The zero-order chi connectivity index (χ0) is 25.5. The summed E-state index contributed by atoms with van der Waals surface area (Å²) >= 11 is 0. The van der Waals surface area contributed by atoms with Gasteiger partial charge in [-0.1, -0.05) is 0 Å². The number of hydrogen-bond acceptors (Lipinski definition) is 7. The molecule has 0 fully saturated rings. The van der Waals surface area contributed by atoms with E-state index in [0.29, 0.717) is 43.2 Å². The van der Waals surface area contributed by atoms with Gasteiger partial charge in [0.05, 0.1) is 18.9 Å². The normalized spacial score (nSPS) is 10.7. The molecule has 0 saturated carbocycles. The van der Waals surface area contributed by atoms with Crippen LogP contribution in [0.15, 0.2) is 53.6 Å². The van der Waals surface area contributed by atoms with Gasteiger partial charge in [-0.15, -0.1) is 0 Å². The van der Waals surface area contributed by atoms with Crippen molar-refractivity contribution in [3.8, 4) is 11.5 Å². The molecular formula is C25H32N4O6. The Morgan fingerprint density at radius 1 is 0.943 bits per heavy atom. The summed E-state index contributed by atoms with van der Waals surface area (Å²) in [7, 11) is 0. The number of ether oxygens (including phenoxy) is 3. The molecule has 0 radical (unpaired) electrons. The van der Waals surface area contributed by atoms with Gasteiger partial charge < -0.3 is 24.8 Å². The monoisotopic (exact) mass is 484 g/mol. The van der Waals surface area contributed by atoms with Crippen molar-refractivity contribution in [2.45, 2.75) is 33.3 Å². The van der Waals surface area contributed by atoms with Gasteiger partial charge in [-0.25, -0.2) is 5.43 Å². The highest BCUT2D eigenvalue weighted by molar-refractivity contribution is 6.35. The minimum absolute atomic E-state index is 0.123. The Hall–Kier alpha value is -3.92. The number of nitrogens with one attached hydrogen (secondary N) is 3. The predicted molar refractivity (Wildman–Crippen MR) is 133 cm³/mol. The van der Waals surface area contributed by atoms with Crippen LogP contribution in [0.4, 0.5) is 5.69 Å². The zero-order valence-corrected chi connectivity index (χ0v) is 20.2. The van der Waals surface area contributed by atoms with E-state index in [0.717, 1.165) is 5.75 Å². The molecule has 188 valence electrons. The highest BCUT2D eigenvalue weighted by Crippen LogP contribution is 2.16. The molecule has 2 aromatic rings. The lowest BCUT2D eigenvalue weighted by Gasteiger charge is -2.09. The van der Waals surface area contributed by atoms with Crippen molar-refractivity contribution < 1.29 is 28.6 Å². The van der Waals surface area contributed by atoms with Crippen LogP contribution in [-0.4, -0.2) is 56.4 Å². The van der Waals surface area contributed by atoms with Crippen LogP contribution in [0.3, 0.4) is 0 Å². The summed E-state index contributed by atoms with van der Waals surface area (Å²) in [6.07, 6.45) is 2.13. The summed E-state index contributed by atoms with van der Waals surface area (Å²) in [5.41, 5.74) is 3.49. The van der Waals surface area contributed by atoms with Gasteiger partial charge in [0, 0.05) is 18.8 Å². The lowest BCUT2D eigenvalue weighted by atomic mass is 10.2. The maximum absolute atomic E-state index is 12.1. The Bertz CT molecular complexity index is 974. The second-order valence-electron chi connectivity index (χ2n) is 7.59. The van der Waals surface area contributed by atoms with Gasteiger partial charge in [0.15, 0.2) is 6.61 Å². The largest absolute Gasteiger partial charge is 0.494 e. The number of rotatable bonds is 13. The SMILES string of the molecule is CCOc1ccc(NC(=O)COc2ccc(/C=N\NC(=O)C(=O)NCCCOC(C)C)cc2)cc1. The maximum Gasteiger partial charge on any atom is 0.329 e. The van der Waals surface area contributed by atoms with Crippen LogP contribution in [0.25, 0.3) is 0 Å². The quantitative estimate of drug-likeness (QED) is 0.174. The van der Waals surface area contributed by atoms with Gasteiger partial charge in [0.2, 0.25) is 0 Å². The third-order valence-electron chi connectivity index (χ3n) is 4.34. The first-order valence-electron chi connectivity index (χ1n) is 11.4. The number of hydrazone groups is 1. The number of amides is 3. The number of carbonyl (C=O) groups is 3. The van der Waals surface area contributed by atoms with E-state index in [4.69, 9.17) is 14.2 Å². The number of nitrogens with zero attached hydrogens (tertiary/aromatic N) is 1. The van der Waals surface area contributed by atoms with Crippen molar-refractivity contribution >= 4 is 29.6 Å². The Morgan fingerprint density at radius 3 is 2.26 bits per heavy atom. The fourth-order valence-corrected chi connectivity index (χ4v) is 2.69. The van der Waals surface area contributed by atoms with Crippen LogP contribution in [-0.2, 0) is 19.1 Å². The van der Waals surface area contributed by atoms with Gasteiger partial charge in [0.25, 0.3) is 5.91 Å². The molecule has 0 spiro atoms. The van der Waals surface area contributed by atoms with Crippen molar-refractivity contribution in [3.63, 3.8) is 0 Å². The Balaban J connectivity index is 1.68. The summed E-state index contributed by atoms with van der Waals surface area (Å²) < 4.78 is 16.2. The standard InChI is InChI=1S/C25H32N4O6/c1-4-33-21-12-8-20(9-13-21)28-23(30)17-35-22-10-6-19(7-11-22)16-27-29-25(32)24(31)26-14-5-15-34-18(2)3/h6-13,16,18H,4-5,14-15,17H2,1-3H3,(H,26,31)(H,28,30)(H,29,32)/b27-16-. The van der Waals surface area contributed by atoms with E-state index in [1.807, 2.05) is 20.8 Å². The van der Waals surface area contributed by atoms with E-state index < -0.39 is 11.8 Å². The Morgan fingerprint density at radius 2 is 1.60 bits per heavy atom.